The zero-order valence-electron chi connectivity index (χ0n) is 9.73. The second-order valence-electron chi connectivity index (χ2n) is 3.85. The maximum Gasteiger partial charge on any atom is 0.243 e. The van der Waals surface area contributed by atoms with Gasteiger partial charge in [0.05, 0.1) is 4.90 Å². The Labute approximate surface area is 116 Å². The maximum atomic E-state index is 12.3. The Morgan fingerprint density at radius 1 is 1.29 bits per heavy atom. The Morgan fingerprint density at radius 2 is 1.82 bits per heavy atom. The third kappa shape index (κ3) is 3.68. The molecule has 0 aliphatic rings. The highest BCUT2D eigenvalue weighted by Gasteiger charge is 2.26. The summed E-state index contributed by atoms with van der Waals surface area (Å²) in [6, 6.07) is 6.49. The summed E-state index contributed by atoms with van der Waals surface area (Å²) in [6.45, 7) is 3.99. The van der Waals surface area contributed by atoms with Gasteiger partial charge in [-0.05, 0) is 38.1 Å². The van der Waals surface area contributed by atoms with Crippen LogP contribution >= 0.6 is 27.5 Å². The van der Waals surface area contributed by atoms with E-state index in [-0.39, 0.29) is 11.9 Å². The van der Waals surface area contributed by atoms with Gasteiger partial charge in [-0.25, -0.2) is 8.42 Å². The van der Waals surface area contributed by atoms with Gasteiger partial charge in [0.15, 0.2) is 0 Å². The minimum atomic E-state index is -3.45. The molecule has 96 valence electrons. The number of alkyl halides is 1. The molecule has 0 aliphatic heterocycles. The van der Waals surface area contributed by atoms with Crippen LogP contribution in [0.15, 0.2) is 33.6 Å². The molecule has 0 unspecified atom stereocenters. The van der Waals surface area contributed by atoms with E-state index < -0.39 is 10.0 Å². The first kappa shape index (κ1) is 15.0. The fourth-order valence-electron chi connectivity index (χ4n) is 1.48. The molecule has 1 rings (SSSR count). The summed E-state index contributed by atoms with van der Waals surface area (Å²) in [5.74, 6) is 0.286. The van der Waals surface area contributed by atoms with E-state index in [0.717, 1.165) is 4.47 Å². The average molecular weight is 341 g/mol. The molecule has 3 nitrogen and oxygen atoms in total. The molecule has 0 atom stereocenters. The standard InChI is InChI=1S/C11H15BrClNO2S/c1-9(2)14(8-7-13)17(15,16)11-5-3-10(12)4-6-11/h3-6,9H,7-8H2,1-2H3. The van der Waals surface area contributed by atoms with Crippen LogP contribution in [0.25, 0.3) is 0 Å². The Hall–Kier alpha value is -0.100. The summed E-state index contributed by atoms with van der Waals surface area (Å²) in [6.07, 6.45) is 0. The normalized spacial score (nSPS) is 12.4. The Kier molecular flexibility index (Phi) is 5.44. The molecule has 1 aromatic carbocycles. The molecule has 0 aromatic heterocycles. The topological polar surface area (TPSA) is 37.4 Å². The number of sulfonamides is 1. The van der Waals surface area contributed by atoms with Crippen LogP contribution in [-0.4, -0.2) is 31.2 Å². The number of halogens is 2. The summed E-state index contributed by atoms with van der Waals surface area (Å²) < 4.78 is 26.9. The van der Waals surface area contributed by atoms with Crippen molar-refractivity contribution in [1.82, 2.24) is 4.31 Å². The first-order valence-corrected chi connectivity index (χ1v) is 7.99. The van der Waals surface area contributed by atoms with Gasteiger partial charge in [-0.2, -0.15) is 4.31 Å². The molecule has 0 aliphatic carbocycles. The smallest absolute Gasteiger partial charge is 0.207 e. The van der Waals surface area contributed by atoms with Gasteiger partial charge in [-0.3, -0.25) is 0 Å². The van der Waals surface area contributed by atoms with Gasteiger partial charge in [0, 0.05) is 22.9 Å². The molecular formula is C11H15BrClNO2S. The highest BCUT2D eigenvalue weighted by molar-refractivity contribution is 9.10. The lowest BCUT2D eigenvalue weighted by Crippen LogP contribution is -2.38. The first-order chi connectivity index (χ1) is 7.89. The number of benzene rings is 1. The number of hydrogen-bond acceptors (Lipinski definition) is 2. The van der Waals surface area contributed by atoms with Gasteiger partial charge in [0.2, 0.25) is 10.0 Å². The van der Waals surface area contributed by atoms with Crippen molar-refractivity contribution in [1.29, 1.82) is 0 Å². The Balaban J connectivity index is 3.12. The van der Waals surface area contributed by atoms with Gasteiger partial charge in [-0.15, -0.1) is 11.6 Å². The lowest BCUT2D eigenvalue weighted by atomic mass is 10.4. The molecule has 17 heavy (non-hydrogen) atoms. The largest absolute Gasteiger partial charge is 0.243 e. The molecule has 0 bridgehead atoms. The minimum Gasteiger partial charge on any atom is -0.207 e. The van der Waals surface area contributed by atoms with E-state index >= 15 is 0 Å². The summed E-state index contributed by atoms with van der Waals surface area (Å²) in [5.41, 5.74) is 0. The molecule has 0 radical (unpaired) electrons. The molecule has 6 heteroatoms. The fourth-order valence-corrected chi connectivity index (χ4v) is 3.67. The van der Waals surface area contributed by atoms with Crippen LogP contribution in [0.2, 0.25) is 0 Å². The highest BCUT2D eigenvalue weighted by Crippen LogP contribution is 2.20. The van der Waals surface area contributed by atoms with Crippen LogP contribution in [0.3, 0.4) is 0 Å². The van der Waals surface area contributed by atoms with Crippen molar-refractivity contribution in [3.63, 3.8) is 0 Å². The van der Waals surface area contributed by atoms with E-state index in [9.17, 15) is 8.42 Å². The predicted molar refractivity (Wildman–Crippen MR) is 73.9 cm³/mol. The summed E-state index contributed by atoms with van der Waals surface area (Å²) in [4.78, 5) is 0.291. The molecular weight excluding hydrogens is 326 g/mol. The lowest BCUT2D eigenvalue weighted by Gasteiger charge is -2.25. The summed E-state index contributed by atoms with van der Waals surface area (Å²) in [7, 11) is -3.45. The van der Waals surface area contributed by atoms with E-state index in [1.165, 1.54) is 4.31 Å². The van der Waals surface area contributed by atoms with Crippen molar-refractivity contribution in [3.05, 3.63) is 28.7 Å². The highest BCUT2D eigenvalue weighted by atomic mass is 79.9. The minimum absolute atomic E-state index is 0.109. The van der Waals surface area contributed by atoms with E-state index in [2.05, 4.69) is 15.9 Å². The van der Waals surface area contributed by atoms with Crippen LogP contribution in [0, 0.1) is 0 Å². The Bertz CT molecular complexity index is 459. The summed E-state index contributed by atoms with van der Waals surface area (Å²) in [5, 5.41) is 0. The van der Waals surface area contributed by atoms with Crippen molar-refractivity contribution in [2.45, 2.75) is 24.8 Å². The molecule has 0 amide bonds. The number of nitrogens with zero attached hydrogens (tertiary/aromatic N) is 1. The molecule has 0 N–H and O–H groups in total. The van der Waals surface area contributed by atoms with Gasteiger partial charge < -0.3 is 0 Å². The zero-order valence-corrected chi connectivity index (χ0v) is 12.9. The average Bonchev–Trinajstić information content (AvgIpc) is 2.25. The van der Waals surface area contributed by atoms with Crippen LogP contribution in [0.5, 0.6) is 0 Å². The van der Waals surface area contributed by atoms with Gasteiger partial charge >= 0.3 is 0 Å². The van der Waals surface area contributed by atoms with E-state index in [1.54, 1.807) is 24.3 Å². The molecule has 1 aromatic rings. The maximum absolute atomic E-state index is 12.3. The van der Waals surface area contributed by atoms with E-state index in [1.807, 2.05) is 13.8 Å². The molecule has 0 saturated heterocycles. The van der Waals surface area contributed by atoms with Gasteiger partial charge in [0.25, 0.3) is 0 Å². The summed E-state index contributed by atoms with van der Waals surface area (Å²) >= 11 is 8.92. The monoisotopic (exact) mass is 339 g/mol. The van der Waals surface area contributed by atoms with Crippen molar-refractivity contribution >= 4 is 37.6 Å². The molecule has 0 saturated carbocycles. The second-order valence-corrected chi connectivity index (χ2v) is 7.04. The quantitative estimate of drug-likeness (QED) is 0.772. The zero-order chi connectivity index (χ0) is 13.1. The van der Waals surface area contributed by atoms with Crippen molar-refractivity contribution in [2.24, 2.45) is 0 Å². The number of hydrogen-bond donors (Lipinski definition) is 0. The lowest BCUT2D eigenvalue weighted by molar-refractivity contribution is 0.370. The first-order valence-electron chi connectivity index (χ1n) is 5.23. The van der Waals surface area contributed by atoms with Crippen LogP contribution < -0.4 is 0 Å². The van der Waals surface area contributed by atoms with Crippen molar-refractivity contribution in [2.75, 3.05) is 12.4 Å². The van der Waals surface area contributed by atoms with Crippen LogP contribution in [-0.2, 0) is 10.0 Å². The van der Waals surface area contributed by atoms with Gasteiger partial charge in [-0.1, -0.05) is 15.9 Å². The van der Waals surface area contributed by atoms with Gasteiger partial charge in [0.1, 0.15) is 0 Å². The number of rotatable bonds is 5. The molecule has 0 heterocycles. The van der Waals surface area contributed by atoms with Crippen molar-refractivity contribution in [3.8, 4) is 0 Å². The van der Waals surface area contributed by atoms with E-state index in [0.29, 0.717) is 11.4 Å². The van der Waals surface area contributed by atoms with Crippen LogP contribution in [0.4, 0.5) is 0 Å². The van der Waals surface area contributed by atoms with Crippen molar-refractivity contribution < 1.29 is 8.42 Å². The fraction of sp³-hybridized carbons (Fsp3) is 0.455. The second kappa shape index (κ2) is 6.18. The van der Waals surface area contributed by atoms with Crippen LogP contribution in [0.1, 0.15) is 13.8 Å². The third-order valence-corrected chi connectivity index (χ3v) is 5.09. The predicted octanol–water partition coefficient (Wildman–Crippen LogP) is 3.09. The van der Waals surface area contributed by atoms with E-state index in [4.69, 9.17) is 11.6 Å². The SMILES string of the molecule is CC(C)N(CCCl)S(=O)(=O)c1ccc(Br)cc1. The third-order valence-electron chi connectivity index (χ3n) is 2.30. The molecule has 0 fully saturated rings. The molecule has 0 spiro atoms. The Morgan fingerprint density at radius 3 is 2.24 bits per heavy atom.